The van der Waals surface area contributed by atoms with Crippen molar-refractivity contribution in [3.63, 3.8) is 0 Å². The van der Waals surface area contributed by atoms with Gasteiger partial charge in [-0.25, -0.2) is 4.98 Å². The third-order valence-corrected chi connectivity index (χ3v) is 5.00. The number of carbonyl (C=O) groups is 2. The Hall–Kier alpha value is -2.25. The van der Waals surface area contributed by atoms with E-state index in [1.54, 1.807) is 6.20 Å². The Morgan fingerprint density at radius 3 is 2.64 bits per heavy atom. The molecule has 2 aromatic rings. The van der Waals surface area contributed by atoms with Gasteiger partial charge in [-0.2, -0.15) is 0 Å². The van der Waals surface area contributed by atoms with E-state index in [1.807, 2.05) is 31.2 Å². The van der Waals surface area contributed by atoms with Gasteiger partial charge in [0.25, 0.3) is 0 Å². The predicted molar refractivity (Wildman–Crippen MR) is 98.5 cm³/mol. The summed E-state index contributed by atoms with van der Waals surface area (Å²) in [6.45, 7) is 5.02. The van der Waals surface area contributed by atoms with Gasteiger partial charge in [0.2, 0.25) is 5.91 Å². The molecule has 1 amide bonds. The van der Waals surface area contributed by atoms with Gasteiger partial charge in [0, 0.05) is 30.8 Å². The molecule has 1 saturated heterocycles. The number of Topliss-reactive ketones (excluding diaryl/α,β-unsaturated/α-hetero) is 1. The summed E-state index contributed by atoms with van der Waals surface area (Å²) in [5, 5.41) is 2.79. The van der Waals surface area contributed by atoms with E-state index < -0.39 is 0 Å². The zero-order valence-corrected chi connectivity index (χ0v) is 15.0. The SMILES string of the molecule is Cc1ccc(C(=O)CCC(=O)Nc2ccc(N3CCOCC3)nc2)s1. The second-order valence-electron chi connectivity index (χ2n) is 5.89. The highest BCUT2D eigenvalue weighted by Gasteiger charge is 2.13. The first-order chi connectivity index (χ1) is 12.1. The molecule has 7 heteroatoms. The quantitative estimate of drug-likeness (QED) is 0.803. The van der Waals surface area contributed by atoms with Crippen molar-refractivity contribution in [3.05, 3.63) is 40.2 Å². The van der Waals surface area contributed by atoms with E-state index in [1.165, 1.54) is 11.3 Å². The maximum absolute atomic E-state index is 12.0. The molecule has 132 valence electrons. The summed E-state index contributed by atoms with van der Waals surface area (Å²) in [6, 6.07) is 7.45. The molecule has 0 radical (unpaired) electrons. The highest BCUT2D eigenvalue weighted by atomic mass is 32.1. The molecule has 0 aromatic carbocycles. The minimum absolute atomic E-state index is 0.00837. The maximum atomic E-state index is 12.0. The molecule has 0 aliphatic carbocycles. The number of carbonyl (C=O) groups excluding carboxylic acids is 2. The molecule has 1 N–H and O–H groups in total. The number of hydrogen-bond acceptors (Lipinski definition) is 6. The minimum Gasteiger partial charge on any atom is -0.378 e. The Morgan fingerprint density at radius 1 is 1.20 bits per heavy atom. The van der Waals surface area contributed by atoms with Crippen LogP contribution in [0.2, 0.25) is 0 Å². The summed E-state index contributed by atoms with van der Waals surface area (Å²) >= 11 is 1.46. The topological polar surface area (TPSA) is 71.5 Å². The summed E-state index contributed by atoms with van der Waals surface area (Å²) in [6.07, 6.45) is 2.03. The van der Waals surface area contributed by atoms with E-state index in [2.05, 4.69) is 15.2 Å². The van der Waals surface area contributed by atoms with Crippen LogP contribution in [0, 0.1) is 6.92 Å². The van der Waals surface area contributed by atoms with E-state index in [0.717, 1.165) is 23.8 Å². The molecule has 1 fully saturated rings. The molecule has 6 nitrogen and oxygen atoms in total. The minimum atomic E-state index is -0.178. The first-order valence-electron chi connectivity index (χ1n) is 8.30. The zero-order chi connectivity index (χ0) is 17.6. The monoisotopic (exact) mass is 359 g/mol. The summed E-state index contributed by atoms with van der Waals surface area (Å²) in [4.78, 5) is 32.4. The fourth-order valence-electron chi connectivity index (χ4n) is 2.60. The Labute approximate surface area is 150 Å². The van der Waals surface area contributed by atoms with Crippen LogP contribution in [-0.2, 0) is 9.53 Å². The lowest BCUT2D eigenvalue weighted by molar-refractivity contribution is -0.116. The van der Waals surface area contributed by atoms with Gasteiger partial charge in [0.15, 0.2) is 5.78 Å². The zero-order valence-electron chi connectivity index (χ0n) is 14.2. The lowest BCUT2D eigenvalue weighted by atomic mass is 10.2. The van der Waals surface area contributed by atoms with E-state index in [0.29, 0.717) is 23.8 Å². The van der Waals surface area contributed by atoms with Crippen LogP contribution < -0.4 is 10.2 Å². The van der Waals surface area contributed by atoms with Crippen molar-refractivity contribution in [2.75, 3.05) is 36.5 Å². The van der Waals surface area contributed by atoms with E-state index in [9.17, 15) is 9.59 Å². The number of hydrogen-bond donors (Lipinski definition) is 1. The van der Waals surface area contributed by atoms with Gasteiger partial charge in [-0.1, -0.05) is 0 Å². The molecule has 3 rings (SSSR count). The van der Waals surface area contributed by atoms with Crippen LogP contribution in [0.5, 0.6) is 0 Å². The lowest BCUT2D eigenvalue weighted by Crippen LogP contribution is -2.36. The van der Waals surface area contributed by atoms with E-state index in [-0.39, 0.29) is 24.5 Å². The highest BCUT2D eigenvalue weighted by molar-refractivity contribution is 7.14. The third kappa shape index (κ3) is 4.87. The van der Waals surface area contributed by atoms with Gasteiger partial charge in [0.05, 0.1) is 30.0 Å². The Kier molecular flexibility index (Phi) is 5.78. The van der Waals surface area contributed by atoms with Crippen molar-refractivity contribution < 1.29 is 14.3 Å². The van der Waals surface area contributed by atoms with Crippen molar-refractivity contribution >= 4 is 34.5 Å². The summed E-state index contributed by atoms with van der Waals surface area (Å²) in [5.41, 5.74) is 0.640. The average Bonchev–Trinajstić information content (AvgIpc) is 3.08. The first-order valence-corrected chi connectivity index (χ1v) is 9.12. The predicted octanol–water partition coefficient (Wildman–Crippen LogP) is 2.89. The second kappa shape index (κ2) is 8.22. The molecule has 0 unspecified atom stereocenters. The standard InChI is InChI=1S/C18H21N3O3S/c1-13-2-5-16(25-13)15(22)4-7-18(23)20-14-3-6-17(19-12-14)21-8-10-24-11-9-21/h2-3,5-6,12H,4,7-11H2,1H3,(H,20,23). The van der Waals surface area contributed by atoms with Crippen LogP contribution in [-0.4, -0.2) is 43.0 Å². The number of ketones is 1. The molecular formula is C18H21N3O3S. The molecule has 3 heterocycles. The molecule has 25 heavy (non-hydrogen) atoms. The molecule has 0 spiro atoms. The number of nitrogens with zero attached hydrogens (tertiary/aromatic N) is 2. The molecule has 1 aliphatic rings. The molecule has 0 atom stereocenters. The van der Waals surface area contributed by atoms with Crippen molar-refractivity contribution in [1.82, 2.24) is 4.98 Å². The number of amides is 1. The van der Waals surface area contributed by atoms with Crippen LogP contribution in [0.4, 0.5) is 11.5 Å². The van der Waals surface area contributed by atoms with Crippen LogP contribution in [0.25, 0.3) is 0 Å². The third-order valence-electron chi connectivity index (χ3n) is 3.96. The number of pyridine rings is 1. The Balaban J connectivity index is 1.48. The highest BCUT2D eigenvalue weighted by Crippen LogP contribution is 2.18. The van der Waals surface area contributed by atoms with Crippen molar-refractivity contribution in [3.8, 4) is 0 Å². The Bertz CT molecular complexity index is 736. The van der Waals surface area contributed by atoms with Gasteiger partial charge in [0.1, 0.15) is 5.82 Å². The number of ether oxygens (including phenoxy) is 1. The molecule has 2 aromatic heterocycles. The largest absolute Gasteiger partial charge is 0.378 e. The summed E-state index contributed by atoms with van der Waals surface area (Å²) in [7, 11) is 0. The van der Waals surface area contributed by atoms with Crippen molar-refractivity contribution in [2.45, 2.75) is 19.8 Å². The molecule has 0 bridgehead atoms. The van der Waals surface area contributed by atoms with E-state index >= 15 is 0 Å². The van der Waals surface area contributed by atoms with Gasteiger partial charge in [-0.05, 0) is 31.2 Å². The van der Waals surface area contributed by atoms with Gasteiger partial charge in [-0.15, -0.1) is 11.3 Å². The van der Waals surface area contributed by atoms with Crippen LogP contribution >= 0.6 is 11.3 Å². The number of morpholine rings is 1. The Morgan fingerprint density at radius 2 is 2.00 bits per heavy atom. The fourth-order valence-corrected chi connectivity index (χ4v) is 3.43. The van der Waals surface area contributed by atoms with Crippen LogP contribution in [0.15, 0.2) is 30.5 Å². The van der Waals surface area contributed by atoms with Crippen molar-refractivity contribution in [2.24, 2.45) is 0 Å². The number of rotatable bonds is 6. The molecule has 1 aliphatic heterocycles. The average molecular weight is 359 g/mol. The smallest absolute Gasteiger partial charge is 0.224 e. The number of aryl methyl sites for hydroxylation is 1. The van der Waals surface area contributed by atoms with Gasteiger partial charge in [-0.3, -0.25) is 9.59 Å². The van der Waals surface area contributed by atoms with Crippen molar-refractivity contribution in [1.29, 1.82) is 0 Å². The number of anilines is 2. The first kappa shape index (κ1) is 17.6. The number of aromatic nitrogens is 1. The van der Waals surface area contributed by atoms with Crippen LogP contribution in [0.3, 0.4) is 0 Å². The number of nitrogens with one attached hydrogen (secondary N) is 1. The molecule has 0 saturated carbocycles. The summed E-state index contributed by atoms with van der Waals surface area (Å²) < 4.78 is 5.32. The second-order valence-corrected chi connectivity index (χ2v) is 7.17. The fraction of sp³-hybridized carbons (Fsp3) is 0.389. The molecular weight excluding hydrogens is 338 g/mol. The van der Waals surface area contributed by atoms with Gasteiger partial charge < -0.3 is 15.0 Å². The summed E-state index contributed by atoms with van der Waals surface area (Å²) in [5.74, 6) is 0.709. The van der Waals surface area contributed by atoms with Crippen LogP contribution in [0.1, 0.15) is 27.4 Å². The van der Waals surface area contributed by atoms with Gasteiger partial charge >= 0.3 is 0 Å². The maximum Gasteiger partial charge on any atom is 0.224 e. The number of thiophene rings is 1. The lowest BCUT2D eigenvalue weighted by Gasteiger charge is -2.27. The van der Waals surface area contributed by atoms with E-state index in [4.69, 9.17) is 4.74 Å². The normalized spacial score (nSPS) is 14.4.